The summed E-state index contributed by atoms with van der Waals surface area (Å²) in [6, 6.07) is 10.1. The largest absolute Gasteiger partial charge is 0.340 e. The topological polar surface area (TPSA) is 59.8 Å². The molecule has 0 fully saturated rings. The standard InChI is InChI=1S/C24H28N4O/c1-4-28-23(20-7-5-6-8-21(20)27-28)24(29)26-22(18-11-13-25-14-12-18)19-10-9-16(2)17(3)15-19/h9-15,22H,4-8H2,1-3H3,(H,26,29)/t22-/m1/s1. The Kier molecular flexibility index (Phi) is 5.47. The third kappa shape index (κ3) is 3.82. The zero-order valence-corrected chi connectivity index (χ0v) is 17.4. The number of carbonyl (C=O) groups is 1. The van der Waals surface area contributed by atoms with Crippen LogP contribution < -0.4 is 5.32 Å². The minimum Gasteiger partial charge on any atom is -0.340 e. The lowest BCUT2D eigenvalue weighted by Gasteiger charge is -2.21. The van der Waals surface area contributed by atoms with Gasteiger partial charge in [0.05, 0.1) is 11.7 Å². The molecule has 1 amide bonds. The zero-order chi connectivity index (χ0) is 20.4. The molecule has 1 N–H and O–H groups in total. The second-order valence-corrected chi connectivity index (χ2v) is 7.83. The van der Waals surface area contributed by atoms with Gasteiger partial charge in [0.2, 0.25) is 0 Å². The number of hydrogen-bond donors (Lipinski definition) is 1. The van der Waals surface area contributed by atoms with E-state index >= 15 is 0 Å². The Balaban J connectivity index is 1.73. The fourth-order valence-corrected chi connectivity index (χ4v) is 4.15. The molecule has 0 spiro atoms. The molecule has 0 saturated heterocycles. The van der Waals surface area contributed by atoms with Gasteiger partial charge in [-0.25, -0.2) is 0 Å². The number of pyridine rings is 1. The molecule has 0 saturated carbocycles. The molecular weight excluding hydrogens is 360 g/mol. The summed E-state index contributed by atoms with van der Waals surface area (Å²) in [6.07, 6.45) is 7.71. The van der Waals surface area contributed by atoms with E-state index in [9.17, 15) is 4.79 Å². The van der Waals surface area contributed by atoms with E-state index < -0.39 is 0 Å². The fourth-order valence-electron chi connectivity index (χ4n) is 4.15. The van der Waals surface area contributed by atoms with Crippen molar-refractivity contribution in [3.8, 4) is 0 Å². The maximum atomic E-state index is 13.5. The van der Waals surface area contributed by atoms with Gasteiger partial charge in [-0.1, -0.05) is 18.2 Å². The molecule has 2 aromatic heterocycles. The number of aryl methyl sites for hydroxylation is 4. The monoisotopic (exact) mass is 388 g/mol. The number of nitrogens with zero attached hydrogens (tertiary/aromatic N) is 3. The Morgan fingerprint density at radius 2 is 1.83 bits per heavy atom. The average Bonchev–Trinajstić information content (AvgIpc) is 3.13. The summed E-state index contributed by atoms with van der Waals surface area (Å²) in [5.74, 6) is -0.0532. The molecular formula is C24H28N4O. The van der Waals surface area contributed by atoms with Crippen LogP contribution in [0.15, 0.2) is 42.7 Å². The van der Waals surface area contributed by atoms with E-state index in [4.69, 9.17) is 5.10 Å². The molecule has 5 heteroatoms. The van der Waals surface area contributed by atoms with Gasteiger partial charge in [-0.15, -0.1) is 0 Å². The molecule has 150 valence electrons. The molecule has 1 aliphatic rings. The smallest absolute Gasteiger partial charge is 0.270 e. The van der Waals surface area contributed by atoms with Gasteiger partial charge in [-0.2, -0.15) is 5.10 Å². The van der Waals surface area contributed by atoms with Gasteiger partial charge < -0.3 is 5.32 Å². The van der Waals surface area contributed by atoms with Crippen molar-refractivity contribution >= 4 is 5.91 Å². The first kappa shape index (κ1) is 19.4. The van der Waals surface area contributed by atoms with Crippen LogP contribution >= 0.6 is 0 Å². The highest BCUT2D eigenvalue weighted by molar-refractivity contribution is 5.95. The number of nitrogens with one attached hydrogen (secondary N) is 1. The van der Waals surface area contributed by atoms with Crippen molar-refractivity contribution in [3.05, 3.63) is 81.9 Å². The van der Waals surface area contributed by atoms with Crippen LogP contribution in [0.4, 0.5) is 0 Å². The highest BCUT2D eigenvalue weighted by Gasteiger charge is 2.27. The molecule has 1 atom stereocenters. The minimum atomic E-state index is -0.232. The van der Waals surface area contributed by atoms with Gasteiger partial charge in [0.1, 0.15) is 5.69 Å². The predicted octanol–water partition coefficient (Wildman–Crippen LogP) is 4.31. The molecule has 3 aromatic rings. The maximum Gasteiger partial charge on any atom is 0.270 e. The van der Waals surface area contributed by atoms with Gasteiger partial charge in [0.15, 0.2) is 0 Å². The zero-order valence-electron chi connectivity index (χ0n) is 17.4. The summed E-state index contributed by atoms with van der Waals surface area (Å²) in [6.45, 7) is 6.94. The quantitative estimate of drug-likeness (QED) is 0.708. The first-order chi connectivity index (χ1) is 14.1. The van der Waals surface area contributed by atoms with Crippen LogP contribution in [0.5, 0.6) is 0 Å². The minimum absolute atomic E-state index is 0.0532. The van der Waals surface area contributed by atoms with E-state index in [1.807, 2.05) is 23.7 Å². The summed E-state index contributed by atoms with van der Waals surface area (Å²) in [5.41, 5.74) is 7.50. The molecule has 4 rings (SSSR count). The van der Waals surface area contributed by atoms with E-state index in [-0.39, 0.29) is 11.9 Å². The molecule has 0 bridgehead atoms. The summed E-state index contributed by atoms with van der Waals surface area (Å²) < 4.78 is 1.87. The third-order valence-electron chi connectivity index (χ3n) is 5.92. The van der Waals surface area contributed by atoms with E-state index in [2.05, 4.69) is 42.3 Å². The van der Waals surface area contributed by atoms with Crippen LogP contribution in [-0.4, -0.2) is 20.7 Å². The average molecular weight is 389 g/mol. The molecule has 0 aliphatic heterocycles. The predicted molar refractivity (Wildman–Crippen MR) is 114 cm³/mol. The summed E-state index contributed by atoms with van der Waals surface area (Å²) in [4.78, 5) is 17.6. The van der Waals surface area contributed by atoms with Crippen LogP contribution in [0.25, 0.3) is 0 Å². The van der Waals surface area contributed by atoms with E-state index in [1.165, 1.54) is 11.1 Å². The van der Waals surface area contributed by atoms with Crippen molar-refractivity contribution in [1.29, 1.82) is 0 Å². The van der Waals surface area contributed by atoms with Crippen LogP contribution in [-0.2, 0) is 19.4 Å². The maximum absolute atomic E-state index is 13.5. The number of aromatic nitrogens is 3. The number of hydrogen-bond acceptors (Lipinski definition) is 3. The van der Waals surface area contributed by atoms with Gasteiger partial charge >= 0.3 is 0 Å². The lowest BCUT2D eigenvalue weighted by molar-refractivity contribution is 0.0931. The summed E-state index contributed by atoms with van der Waals surface area (Å²) in [7, 11) is 0. The van der Waals surface area contributed by atoms with Crippen molar-refractivity contribution in [3.63, 3.8) is 0 Å². The molecule has 29 heavy (non-hydrogen) atoms. The number of benzene rings is 1. The second kappa shape index (κ2) is 8.19. The Hall–Kier alpha value is -2.95. The molecule has 1 aliphatic carbocycles. The van der Waals surface area contributed by atoms with Crippen molar-refractivity contribution in [1.82, 2.24) is 20.1 Å². The van der Waals surface area contributed by atoms with Crippen molar-refractivity contribution in [2.24, 2.45) is 0 Å². The highest BCUT2D eigenvalue weighted by Crippen LogP contribution is 2.27. The number of fused-ring (bicyclic) bond motifs is 1. The molecule has 0 radical (unpaired) electrons. The van der Waals surface area contributed by atoms with Crippen LogP contribution in [0.3, 0.4) is 0 Å². The summed E-state index contributed by atoms with van der Waals surface area (Å²) in [5, 5.41) is 8.01. The van der Waals surface area contributed by atoms with Crippen LogP contribution in [0, 0.1) is 13.8 Å². The van der Waals surface area contributed by atoms with Gasteiger partial charge in [-0.3, -0.25) is 14.5 Å². The van der Waals surface area contributed by atoms with Crippen LogP contribution in [0.1, 0.15) is 69.8 Å². The Morgan fingerprint density at radius 3 is 2.55 bits per heavy atom. The Morgan fingerprint density at radius 1 is 1.07 bits per heavy atom. The van der Waals surface area contributed by atoms with Gasteiger partial charge in [0.25, 0.3) is 5.91 Å². The van der Waals surface area contributed by atoms with Crippen molar-refractivity contribution < 1.29 is 4.79 Å². The normalized spacial score (nSPS) is 14.3. The van der Waals surface area contributed by atoms with E-state index in [1.54, 1.807) is 12.4 Å². The van der Waals surface area contributed by atoms with E-state index in [0.717, 1.165) is 53.8 Å². The Bertz CT molecular complexity index is 1020. The third-order valence-corrected chi connectivity index (χ3v) is 5.92. The molecule has 2 heterocycles. The lowest BCUT2D eigenvalue weighted by Crippen LogP contribution is -2.32. The second-order valence-electron chi connectivity index (χ2n) is 7.83. The SMILES string of the molecule is CCn1nc2c(c1C(=O)N[C@H](c1ccncc1)c1ccc(C)c(C)c1)CCCC2. The number of carbonyl (C=O) groups excluding carboxylic acids is 1. The first-order valence-electron chi connectivity index (χ1n) is 10.4. The first-order valence-corrected chi connectivity index (χ1v) is 10.4. The van der Waals surface area contributed by atoms with Crippen molar-refractivity contribution in [2.45, 2.75) is 59.0 Å². The molecule has 0 unspecified atom stereocenters. The number of rotatable bonds is 5. The number of amides is 1. The summed E-state index contributed by atoms with van der Waals surface area (Å²) >= 11 is 0. The van der Waals surface area contributed by atoms with Crippen molar-refractivity contribution in [2.75, 3.05) is 0 Å². The van der Waals surface area contributed by atoms with Gasteiger partial charge in [-0.05, 0) is 80.8 Å². The molecule has 1 aromatic carbocycles. The highest BCUT2D eigenvalue weighted by atomic mass is 16.2. The lowest BCUT2D eigenvalue weighted by atomic mass is 9.94. The van der Waals surface area contributed by atoms with Crippen LogP contribution in [0.2, 0.25) is 0 Å². The Labute approximate surface area is 172 Å². The fraction of sp³-hybridized carbons (Fsp3) is 0.375. The van der Waals surface area contributed by atoms with Gasteiger partial charge in [0, 0.05) is 24.5 Å². The van der Waals surface area contributed by atoms with E-state index in [0.29, 0.717) is 6.54 Å². The molecule has 5 nitrogen and oxygen atoms in total.